The topological polar surface area (TPSA) is 53.9 Å². The second kappa shape index (κ2) is 6.36. The molecule has 1 aromatic rings. The van der Waals surface area contributed by atoms with E-state index in [4.69, 9.17) is 12.2 Å². The highest BCUT2D eigenvalue weighted by Gasteiger charge is 2.32. The van der Waals surface area contributed by atoms with Crippen LogP contribution in [0.5, 0.6) is 0 Å². The van der Waals surface area contributed by atoms with E-state index in [1.807, 2.05) is 17.9 Å². The van der Waals surface area contributed by atoms with Crippen molar-refractivity contribution >= 4 is 18.1 Å². The van der Waals surface area contributed by atoms with Crippen molar-refractivity contribution in [3.63, 3.8) is 0 Å². The molecule has 22 heavy (non-hydrogen) atoms. The molecule has 0 bridgehead atoms. The van der Waals surface area contributed by atoms with Crippen molar-refractivity contribution in [2.45, 2.75) is 57.9 Å². The van der Waals surface area contributed by atoms with E-state index in [1.165, 1.54) is 12.8 Å². The molecule has 0 atom stereocenters. The van der Waals surface area contributed by atoms with Crippen LogP contribution >= 0.6 is 12.2 Å². The zero-order chi connectivity index (χ0) is 15.7. The number of H-pyrrole nitrogens is 1. The van der Waals surface area contributed by atoms with E-state index >= 15 is 0 Å². The number of likely N-dealkylation sites (tertiary alicyclic amines) is 1. The maximum atomic E-state index is 12.3. The van der Waals surface area contributed by atoms with Crippen molar-refractivity contribution in [3.05, 3.63) is 22.2 Å². The Bertz CT molecular complexity index is 633. The van der Waals surface area contributed by atoms with Gasteiger partial charge in [-0.25, -0.2) is 0 Å². The van der Waals surface area contributed by atoms with Crippen LogP contribution in [0.1, 0.15) is 63.7 Å². The first-order chi connectivity index (χ1) is 10.6. The number of carbonyl (C=O) groups is 1. The molecule has 5 nitrogen and oxygen atoms in total. The number of hydrogen-bond donors (Lipinski definition) is 1. The second-order valence-corrected chi connectivity index (χ2v) is 6.74. The normalized spacial score (nSPS) is 20.5. The standard InChI is InChI=1S/C16H24N4OS/c1-3-4-11(2)15(21)19-9-7-12(8-10-19)14-17-18-16(22)20(14)13-5-6-13/h4,12-13H,3,5-10H2,1-2H3,(H,18,22)/b11-4+. The summed E-state index contributed by atoms with van der Waals surface area (Å²) in [5, 5.41) is 7.42. The number of carbonyl (C=O) groups excluding carboxylic acids is 1. The van der Waals surface area contributed by atoms with Gasteiger partial charge in [0.25, 0.3) is 0 Å². The number of aromatic amines is 1. The molecule has 2 fully saturated rings. The van der Waals surface area contributed by atoms with E-state index in [9.17, 15) is 4.79 Å². The van der Waals surface area contributed by atoms with Gasteiger partial charge in [-0.15, -0.1) is 0 Å². The van der Waals surface area contributed by atoms with Gasteiger partial charge in [0.1, 0.15) is 5.82 Å². The SMILES string of the molecule is CC/C=C(\C)C(=O)N1CCC(c2n[nH]c(=S)n2C2CC2)CC1. The molecule has 3 rings (SSSR count). The number of rotatable bonds is 4. The molecular formula is C16H24N4OS. The van der Waals surface area contributed by atoms with E-state index in [0.717, 1.165) is 48.5 Å². The van der Waals surface area contributed by atoms with Crippen molar-refractivity contribution in [2.24, 2.45) is 0 Å². The molecular weight excluding hydrogens is 296 g/mol. The molecule has 6 heteroatoms. The van der Waals surface area contributed by atoms with Crippen molar-refractivity contribution in [3.8, 4) is 0 Å². The fraction of sp³-hybridized carbons (Fsp3) is 0.688. The van der Waals surface area contributed by atoms with Crippen LogP contribution in [0.4, 0.5) is 0 Å². The van der Waals surface area contributed by atoms with Gasteiger partial charge in [0.15, 0.2) is 4.77 Å². The largest absolute Gasteiger partial charge is 0.339 e. The molecule has 120 valence electrons. The average molecular weight is 320 g/mol. The van der Waals surface area contributed by atoms with Crippen LogP contribution < -0.4 is 0 Å². The summed E-state index contributed by atoms with van der Waals surface area (Å²) in [5.74, 6) is 1.69. The van der Waals surface area contributed by atoms with Crippen LogP contribution in [0.3, 0.4) is 0 Å². The summed E-state index contributed by atoms with van der Waals surface area (Å²) in [6.07, 6.45) is 7.27. The number of piperidine rings is 1. The van der Waals surface area contributed by atoms with Gasteiger partial charge in [-0.05, 0) is 51.2 Å². The molecule has 0 aromatic carbocycles. The van der Waals surface area contributed by atoms with Gasteiger partial charge in [0.05, 0.1) is 0 Å². The summed E-state index contributed by atoms with van der Waals surface area (Å²) in [5.41, 5.74) is 0.863. The average Bonchev–Trinajstić information content (AvgIpc) is 3.29. The van der Waals surface area contributed by atoms with Gasteiger partial charge < -0.3 is 9.47 Å². The Hall–Kier alpha value is -1.43. The lowest BCUT2D eigenvalue weighted by Crippen LogP contribution is -2.38. The summed E-state index contributed by atoms with van der Waals surface area (Å²) in [4.78, 5) is 14.3. The lowest BCUT2D eigenvalue weighted by molar-refractivity contribution is -0.128. The highest BCUT2D eigenvalue weighted by Crippen LogP contribution is 2.39. The van der Waals surface area contributed by atoms with Crippen LogP contribution in [-0.2, 0) is 4.79 Å². The minimum atomic E-state index is 0.182. The molecule has 2 heterocycles. The summed E-state index contributed by atoms with van der Waals surface area (Å²) < 4.78 is 2.96. The number of aromatic nitrogens is 3. The van der Waals surface area contributed by atoms with Crippen molar-refractivity contribution in [1.82, 2.24) is 19.7 Å². The Morgan fingerprint density at radius 3 is 2.64 bits per heavy atom. The van der Waals surface area contributed by atoms with Crippen LogP contribution in [0.25, 0.3) is 0 Å². The Kier molecular flexibility index (Phi) is 4.47. The van der Waals surface area contributed by atoms with Crippen molar-refractivity contribution in [1.29, 1.82) is 0 Å². The lowest BCUT2D eigenvalue weighted by atomic mass is 9.95. The van der Waals surface area contributed by atoms with Crippen LogP contribution in [0.2, 0.25) is 0 Å². The van der Waals surface area contributed by atoms with E-state index in [-0.39, 0.29) is 5.91 Å². The van der Waals surface area contributed by atoms with Crippen LogP contribution in [0, 0.1) is 4.77 Å². The molecule has 1 amide bonds. The summed E-state index contributed by atoms with van der Waals surface area (Å²) >= 11 is 5.36. The van der Waals surface area contributed by atoms with E-state index in [0.29, 0.717) is 12.0 Å². The summed E-state index contributed by atoms with van der Waals surface area (Å²) in [6.45, 7) is 5.59. The van der Waals surface area contributed by atoms with Crippen molar-refractivity contribution < 1.29 is 4.79 Å². The van der Waals surface area contributed by atoms with Gasteiger partial charge in [-0.3, -0.25) is 9.89 Å². The summed E-state index contributed by atoms with van der Waals surface area (Å²) in [6, 6.07) is 0.552. The molecule has 1 aliphatic heterocycles. The first kappa shape index (κ1) is 15.5. The molecule has 1 saturated carbocycles. The first-order valence-corrected chi connectivity index (χ1v) is 8.65. The maximum Gasteiger partial charge on any atom is 0.249 e. The van der Waals surface area contributed by atoms with Gasteiger partial charge in [-0.1, -0.05) is 13.0 Å². The van der Waals surface area contributed by atoms with Crippen LogP contribution in [0.15, 0.2) is 11.6 Å². The fourth-order valence-electron chi connectivity index (χ4n) is 3.27. The Morgan fingerprint density at radius 2 is 2.05 bits per heavy atom. The van der Waals surface area contributed by atoms with Gasteiger partial charge >= 0.3 is 0 Å². The zero-order valence-electron chi connectivity index (χ0n) is 13.3. The first-order valence-electron chi connectivity index (χ1n) is 8.24. The minimum absolute atomic E-state index is 0.182. The number of allylic oxidation sites excluding steroid dienone is 1. The Morgan fingerprint density at radius 1 is 1.36 bits per heavy atom. The van der Waals surface area contributed by atoms with Crippen LogP contribution in [-0.4, -0.2) is 38.7 Å². The third-order valence-corrected chi connectivity index (χ3v) is 4.93. The molecule has 2 aliphatic rings. The monoisotopic (exact) mass is 320 g/mol. The van der Waals surface area contributed by atoms with E-state index in [1.54, 1.807) is 0 Å². The molecule has 1 aliphatic carbocycles. The maximum absolute atomic E-state index is 12.3. The summed E-state index contributed by atoms with van der Waals surface area (Å²) in [7, 11) is 0. The molecule has 1 saturated heterocycles. The Balaban J connectivity index is 1.66. The molecule has 1 aromatic heterocycles. The highest BCUT2D eigenvalue weighted by molar-refractivity contribution is 7.71. The third kappa shape index (κ3) is 3.02. The Labute approximate surface area is 136 Å². The predicted octanol–water partition coefficient (Wildman–Crippen LogP) is 3.34. The predicted molar refractivity (Wildman–Crippen MR) is 88.3 cm³/mol. The fourth-order valence-corrected chi connectivity index (χ4v) is 3.56. The lowest BCUT2D eigenvalue weighted by Gasteiger charge is -2.32. The smallest absolute Gasteiger partial charge is 0.249 e. The van der Waals surface area contributed by atoms with E-state index in [2.05, 4.69) is 21.7 Å². The highest BCUT2D eigenvalue weighted by atomic mass is 32.1. The number of nitrogens with zero attached hydrogens (tertiary/aromatic N) is 3. The molecule has 0 radical (unpaired) electrons. The van der Waals surface area contributed by atoms with Crippen molar-refractivity contribution in [2.75, 3.05) is 13.1 Å². The molecule has 0 unspecified atom stereocenters. The third-order valence-electron chi connectivity index (χ3n) is 4.64. The quantitative estimate of drug-likeness (QED) is 0.684. The molecule has 1 N–H and O–H groups in total. The minimum Gasteiger partial charge on any atom is -0.339 e. The molecule has 0 spiro atoms. The van der Waals surface area contributed by atoms with Gasteiger partial charge in [-0.2, -0.15) is 5.10 Å². The number of hydrogen-bond acceptors (Lipinski definition) is 3. The van der Waals surface area contributed by atoms with Gasteiger partial charge in [0.2, 0.25) is 5.91 Å². The van der Waals surface area contributed by atoms with Gasteiger partial charge in [0, 0.05) is 30.6 Å². The van der Waals surface area contributed by atoms with E-state index < -0.39 is 0 Å². The zero-order valence-corrected chi connectivity index (χ0v) is 14.2. The number of nitrogens with one attached hydrogen (secondary N) is 1. The second-order valence-electron chi connectivity index (χ2n) is 6.35. The number of amides is 1.